The molecule has 0 aliphatic rings. The standard InChI is InChI=1S/C18H18ClFN2O2/c1-13(23)22(17-9-5-3-7-15(17)19)11-10-18(24)21-12-14-6-2-4-8-16(14)20/h2-9H,10-12H2,1H3,(H,21,24). The van der Waals surface area contributed by atoms with Gasteiger partial charge in [0.15, 0.2) is 0 Å². The van der Waals surface area contributed by atoms with Crippen molar-refractivity contribution in [2.75, 3.05) is 11.4 Å². The lowest BCUT2D eigenvalue weighted by Gasteiger charge is -2.22. The molecule has 0 saturated carbocycles. The maximum absolute atomic E-state index is 13.5. The first-order valence-corrected chi connectivity index (χ1v) is 7.89. The van der Waals surface area contributed by atoms with E-state index in [1.807, 2.05) is 0 Å². The summed E-state index contributed by atoms with van der Waals surface area (Å²) in [6.45, 7) is 1.72. The third-order valence-corrected chi connectivity index (χ3v) is 3.84. The Morgan fingerprint density at radius 2 is 1.79 bits per heavy atom. The van der Waals surface area contributed by atoms with Gasteiger partial charge in [0.2, 0.25) is 11.8 Å². The third-order valence-electron chi connectivity index (χ3n) is 3.52. The van der Waals surface area contributed by atoms with E-state index in [2.05, 4.69) is 5.32 Å². The minimum absolute atomic E-state index is 0.0965. The fraction of sp³-hybridized carbons (Fsp3) is 0.222. The number of anilines is 1. The first-order valence-electron chi connectivity index (χ1n) is 7.52. The highest BCUT2D eigenvalue weighted by molar-refractivity contribution is 6.33. The quantitative estimate of drug-likeness (QED) is 0.868. The average molecular weight is 349 g/mol. The number of rotatable bonds is 6. The number of amides is 2. The van der Waals surface area contributed by atoms with E-state index in [0.717, 1.165) is 0 Å². The Kier molecular flexibility index (Phi) is 6.32. The molecule has 0 heterocycles. The largest absolute Gasteiger partial charge is 0.352 e. The van der Waals surface area contributed by atoms with Gasteiger partial charge in [-0.05, 0) is 18.2 Å². The van der Waals surface area contributed by atoms with E-state index in [-0.39, 0.29) is 37.1 Å². The second-order valence-electron chi connectivity index (χ2n) is 5.24. The number of halogens is 2. The van der Waals surface area contributed by atoms with Crippen LogP contribution >= 0.6 is 11.6 Å². The smallest absolute Gasteiger partial charge is 0.223 e. The fourth-order valence-electron chi connectivity index (χ4n) is 2.26. The Balaban J connectivity index is 1.93. The van der Waals surface area contributed by atoms with E-state index in [1.54, 1.807) is 42.5 Å². The summed E-state index contributed by atoms with van der Waals surface area (Å²) in [6, 6.07) is 13.2. The molecule has 2 amide bonds. The molecule has 0 aliphatic carbocycles. The Bertz CT molecular complexity index is 736. The number of nitrogens with one attached hydrogen (secondary N) is 1. The summed E-state index contributed by atoms with van der Waals surface area (Å²) in [5, 5.41) is 3.09. The van der Waals surface area contributed by atoms with Crippen molar-refractivity contribution in [1.29, 1.82) is 0 Å². The van der Waals surface area contributed by atoms with Gasteiger partial charge in [-0.2, -0.15) is 0 Å². The summed E-state index contributed by atoms with van der Waals surface area (Å²) in [4.78, 5) is 25.2. The maximum atomic E-state index is 13.5. The van der Waals surface area contributed by atoms with E-state index in [1.165, 1.54) is 17.9 Å². The predicted molar refractivity (Wildman–Crippen MR) is 92.3 cm³/mol. The van der Waals surface area contributed by atoms with Gasteiger partial charge in [0, 0.05) is 32.0 Å². The Morgan fingerprint density at radius 1 is 1.12 bits per heavy atom. The van der Waals surface area contributed by atoms with Crippen LogP contribution in [0, 0.1) is 5.82 Å². The Hall–Kier alpha value is -2.40. The minimum Gasteiger partial charge on any atom is -0.352 e. The molecule has 2 aromatic rings. The van der Waals surface area contributed by atoms with Crippen molar-refractivity contribution >= 4 is 29.1 Å². The summed E-state index contributed by atoms with van der Waals surface area (Å²) >= 11 is 6.10. The molecule has 0 radical (unpaired) electrons. The number of nitrogens with zero attached hydrogens (tertiary/aromatic N) is 1. The van der Waals surface area contributed by atoms with Crippen LogP contribution in [0.3, 0.4) is 0 Å². The highest BCUT2D eigenvalue weighted by atomic mass is 35.5. The summed E-state index contributed by atoms with van der Waals surface area (Å²) in [6.07, 6.45) is 0.0965. The molecule has 1 N–H and O–H groups in total. The van der Waals surface area contributed by atoms with E-state index in [0.29, 0.717) is 16.3 Å². The fourth-order valence-corrected chi connectivity index (χ4v) is 2.49. The molecule has 0 atom stereocenters. The number of para-hydroxylation sites is 1. The Labute approximate surface area is 145 Å². The number of carbonyl (C=O) groups excluding carboxylic acids is 2. The van der Waals surface area contributed by atoms with Crippen LogP contribution in [-0.2, 0) is 16.1 Å². The first kappa shape index (κ1) is 17.9. The van der Waals surface area contributed by atoms with Gasteiger partial charge in [0.05, 0.1) is 10.7 Å². The topological polar surface area (TPSA) is 49.4 Å². The van der Waals surface area contributed by atoms with Crippen LogP contribution in [0.1, 0.15) is 18.9 Å². The van der Waals surface area contributed by atoms with Crippen molar-refractivity contribution in [3.63, 3.8) is 0 Å². The molecule has 0 aromatic heterocycles. The van der Waals surface area contributed by atoms with Crippen LogP contribution in [0.5, 0.6) is 0 Å². The molecule has 0 fully saturated rings. The van der Waals surface area contributed by atoms with Gasteiger partial charge < -0.3 is 10.2 Å². The van der Waals surface area contributed by atoms with Crippen LogP contribution < -0.4 is 10.2 Å². The summed E-state index contributed by atoms with van der Waals surface area (Å²) in [5.74, 6) is -0.833. The zero-order valence-electron chi connectivity index (χ0n) is 13.3. The van der Waals surface area contributed by atoms with E-state index in [4.69, 9.17) is 11.6 Å². The number of carbonyl (C=O) groups is 2. The number of hydrogen-bond acceptors (Lipinski definition) is 2. The molecular formula is C18H18ClFN2O2. The van der Waals surface area contributed by atoms with Crippen LogP contribution in [0.25, 0.3) is 0 Å². The van der Waals surface area contributed by atoms with Crippen molar-refractivity contribution in [2.45, 2.75) is 19.9 Å². The highest BCUT2D eigenvalue weighted by Gasteiger charge is 2.16. The number of hydrogen-bond donors (Lipinski definition) is 1. The van der Waals surface area contributed by atoms with Crippen molar-refractivity contribution in [2.24, 2.45) is 0 Å². The molecule has 6 heteroatoms. The normalized spacial score (nSPS) is 10.3. The molecule has 2 rings (SSSR count). The molecule has 0 spiro atoms. The van der Waals surface area contributed by atoms with Crippen molar-refractivity contribution in [3.05, 3.63) is 64.9 Å². The zero-order valence-corrected chi connectivity index (χ0v) is 14.0. The lowest BCUT2D eigenvalue weighted by atomic mass is 10.2. The molecule has 0 bridgehead atoms. The third kappa shape index (κ3) is 4.80. The van der Waals surface area contributed by atoms with Crippen LogP contribution in [0.15, 0.2) is 48.5 Å². The summed E-state index contributed by atoms with van der Waals surface area (Å²) < 4.78 is 13.5. The molecule has 0 aliphatic heterocycles. The second-order valence-corrected chi connectivity index (χ2v) is 5.65. The molecule has 24 heavy (non-hydrogen) atoms. The van der Waals surface area contributed by atoms with Crippen LogP contribution in [0.4, 0.5) is 10.1 Å². The first-order chi connectivity index (χ1) is 11.5. The van der Waals surface area contributed by atoms with Gasteiger partial charge >= 0.3 is 0 Å². The van der Waals surface area contributed by atoms with Crippen molar-refractivity contribution in [1.82, 2.24) is 5.32 Å². The minimum atomic E-state index is -0.362. The monoisotopic (exact) mass is 348 g/mol. The lowest BCUT2D eigenvalue weighted by molar-refractivity contribution is -0.121. The highest BCUT2D eigenvalue weighted by Crippen LogP contribution is 2.25. The van der Waals surface area contributed by atoms with E-state index in [9.17, 15) is 14.0 Å². The SMILES string of the molecule is CC(=O)N(CCC(=O)NCc1ccccc1F)c1ccccc1Cl. The second kappa shape index (κ2) is 8.45. The van der Waals surface area contributed by atoms with Gasteiger partial charge in [-0.25, -0.2) is 4.39 Å². The van der Waals surface area contributed by atoms with Gasteiger partial charge in [-0.15, -0.1) is 0 Å². The summed E-state index contributed by atoms with van der Waals surface area (Å²) in [7, 11) is 0. The number of benzene rings is 2. The molecular weight excluding hydrogens is 331 g/mol. The average Bonchev–Trinajstić information content (AvgIpc) is 2.55. The van der Waals surface area contributed by atoms with Gasteiger partial charge in [0.1, 0.15) is 5.82 Å². The van der Waals surface area contributed by atoms with Gasteiger partial charge in [-0.3, -0.25) is 9.59 Å². The predicted octanol–water partition coefficient (Wildman–Crippen LogP) is 3.54. The van der Waals surface area contributed by atoms with E-state index < -0.39 is 0 Å². The molecule has 2 aromatic carbocycles. The van der Waals surface area contributed by atoms with Crippen LogP contribution in [0.2, 0.25) is 5.02 Å². The van der Waals surface area contributed by atoms with Gasteiger partial charge in [-0.1, -0.05) is 41.9 Å². The van der Waals surface area contributed by atoms with E-state index >= 15 is 0 Å². The van der Waals surface area contributed by atoms with Crippen molar-refractivity contribution in [3.8, 4) is 0 Å². The van der Waals surface area contributed by atoms with Gasteiger partial charge in [0.25, 0.3) is 0 Å². The van der Waals surface area contributed by atoms with Crippen LogP contribution in [-0.4, -0.2) is 18.4 Å². The molecule has 126 valence electrons. The molecule has 4 nitrogen and oxygen atoms in total. The molecule has 0 saturated heterocycles. The Morgan fingerprint density at radius 3 is 2.46 bits per heavy atom. The molecule has 0 unspecified atom stereocenters. The zero-order chi connectivity index (χ0) is 17.5. The lowest BCUT2D eigenvalue weighted by Crippen LogP contribution is -2.34. The van der Waals surface area contributed by atoms with Crippen molar-refractivity contribution < 1.29 is 14.0 Å². The maximum Gasteiger partial charge on any atom is 0.223 e. The summed E-state index contributed by atoms with van der Waals surface area (Å²) in [5.41, 5.74) is 0.981.